The molecule has 5 heteroatoms. The zero-order valence-electron chi connectivity index (χ0n) is 16.6. The molecule has 0 spiro atoms. The summed E-state index contributed by atoms with van der Waals surface area (Å²) in [4.78, 5) is 13.8. The fourth-order valence-electron chi connectivity index (χ4n) is 2.79. The number of amides is 1. The molecule has 0 aliphatic carbocycles. The molecule has 1 amide bonds. The number of likely N-dealkylation sites (tertiary alicyclic amines) is 1. The third-order valence-electron chi connectivity index (χ3n) is 4.23. The van der Waals surface area contributed by atoms with Crippen molar-refractivity contribution < 1.29 is 19.0 Å². The van der Waals surface area contributed by atoms with Crippen molar-refractivity contribution in [3.05, 3.63) is 29.8 Å². The van der Waals surface area contributed by atoms with Crippen molar-refractivity contribution in [3.63, 3.8) is 0 Å². The Hall–Kier alpha value is -1.75. The van der Waals surface area contributed by atoms with Crippen LogP contribution in [-0.4, -0.2) is 49.0 Å². The van der Waals surface area contributed by atoms with Crippen LogP contribution in [0.5, 0.6) is 5.75 Å². The predicted molar refractivity (Wildman–Crippen MR) is 103 cm³/mol. The van der Waals surface area contributed by atoms with Crippen molar-refractivity contribution in [2.45, 2.75) is 65.1 Å². The van der Waals surface area contributed by atoms with Gasteiger partial charge in [-0.25, -0.2) is 4.79 Å². The highest BCUT2D eigenvalue weighted by Gasteiger charge is 2.30. The standard InChI is InChI=1S/C21H33NO4/c1-5-6-14-24-18-9-7-17(8-10-18)12-15-25-19-11-13-22(16-19)20(23)26-21(2,3)4/h7-10,19H,5-6,11-16H2,1-4H3/t19-/m1/s1. The fourth-order valence-corrected chi connectivity index (χ4v) is 2.79. The lowest BCUT2D eigenvalue weighted by molar-refractivity contribution is 0.0213. The molecule has 1 saturated heterocycles. The van der Waals surface area contributed by atoms with Gasteiger partial charge in [-0.2, -0.15) is 0 Å². The minimum Gasteiger partial charge on any atom is -0.494 e. The van der Waals surface area contributed by atoms with Crippen molar-refractivity contribution in [1.29, 1.82) is 0 Å². The van der Waals surface area contributed by atoms with E-state index in [1.807, 2.05) is 32.9 Å². The molecule has 2 rings (SSSR count). The molecule has 1 aliphatic heterocycles. The summed E-state index contributed by atoms with van der Waals surface area (Å²) in [6.07, 6.45) is 3.79. The van der Waals surface area contributed by atoms with Gasteiger partial charge in [-0.15, -0.1) is 0 Å². The Morgan fingerprint density at radius 2 is 1.92 bits per heavy atom. The average molecular weight is 363 g/mol. The molecule has 0 radical (unpaired) electrons. The van der Waals surface area contributed by atoms with Crippen molar-refractivity contribution in [2.75, 3.05) is 26.3 Å². The second kappa shape index (κ2) is 9.81. The first-order valence-corrected chi connectivity index (χ1v) is 9.68. The van der Waals surface area contributed by atoms with E-state index >= 15 is 0 Å². The van der Waals surface area contributed by atoms with Crippen LogP contribution >= 0.6 is 0 Å². The van der Waals surface area contributed by atoms with Gasteiger partial charge in [-0.3, -0.25) is 0 Å². The molecule has 1 aromatic rings. The molecule has 0 bridgehead atoms. The highest BCUT2D eigenvalue weighted by molar-refractivity contribution is 5.68. The lowest BCUT2D eigenvalue weighted by Crippen LogP contribution is -2.36. The Bertz CT molecular complexity index is 550. The van der Waals surface area contributed by atoms with Gasteiger partial charge in [0, 0.05) is 6.54 Å². The minimum atomic E-state index is -0.456. The second-order valence-electron chi connectivity index (χ2n) is 7.80. The molecule has 0 N–H and O–H groups in total. The molecular weight excluding hydrogens is 330 g/mol. The zero-order chi connectivity index (χ0) is 19.0. The molecule has 0 unspecified atom stereocenters. The lowest BCUT2D eigenvalue weighted by Gasteiger charge is -2.24. The minimum absolute atomic E-state index is 0.0965. The predicted octanol–water partition coefficient (Wildman–Crippen LogP) is 4.43. The average Bonchev–Trinajstić information content (AvgIpc) is 3.04. The van der Waals surface area contributed by atoms with Gasteiger partial charge in [-0.05, 0) is 57.7 Å². The maximum atomic E-state index is 12.1. The van der Waals surface area contributed by atoms with Gasteiger partial charge in [0.15, 0.2) is 0 Å². The second-order valence-corrected chi connectivity index (χ2v) is 7.80. The van der Waals surface area contributed by atoms with Crippen LogP contribution in [0.2, 0.25) is 0 Å². The highest BCUT2D eigenvalue weighted by Crippen LogP contribution is 2.18. The van der Waals surface area contributed by atoms with Gasteiger partial charge >= 0.3 is 6.09 Å². The largest absolute Gasteiger partial charge is 0.494 e. The van der Waals surface area contributed by atoms with Crippen LogP contribution in [-0.2, 0) is 15.9 Å². The van der Waals surface area contributed by atoms with Crippen LogP contribution in [0.3, 0.4) is 0 Å². The number of carbonyl (C=O) groups excluding carboxylic acids is 1. The molecule has 146 valence electrons. The summed E-state index contributed by atoms with van der Waals surface area (Å²) < 4.78 is 17.0. The van der Waals surface area contributed by atoms with E-state index in [1.54, 1.807) is 4.90 Å². The van der Waals surface area contributed by atoms with Crippen molar-refractivity contribution in [2.24, 2.45) is 0 Å². The van der Waals surface area contributed by atoms with E-state index in [0.29, 0.717) is 19.7 Å². The first-order valence-electron chi connectivity index (χ1n) is 9.68. The number of carbonyl (C=O) groups is 1. The topological polar surface area (TPSA) is 48.0 Å². The van der Waals surface area contributed by atoms with Gasteiger partial charge in [0.05, 0.1) is 25.9 Å². The monoisotopic (exact) mass is 363 g/mol. The number of benzene rings is 1. The van der Waals surface area contributed by atoms with E-state index in [9.17, 15) is 4.79 Å². The summed E-state index contributed by atoms with van der Waals surface area (Å²) >= 11 is 0. The summed E-state index contributed by atoms with van der Waals surface area (Å²) in [5.74, 6) is 0.923. The van der Waals surface area contributed by atoms with E-state index in [0.717, 1.165) is 38.0 Å². The van der Waals surface area contributed by atoms with Crippen LogP contribution in [0.25, 0.3) is 0 Å². The third-order valence-corrected chi connectivity index (χ3v) is 4.23. The Morgan fingerprint density at radius 3 is 2.58 bits per heavy atom. The maximum Gasteiger partial charge on any atom is 0.410 e. The van der Waals surface area contributed by atoms with Crippen LogP contribution in [0, 0.1) is 0 Å². The van der Waals surface area contributed by atoms with E-state index in [4.69, 9.17) is 14.2 Å². The Morgan fingerprint density at radius 1 is 1.19 bits per heavy atom. The van der Waals surface area contributed by atoms with Crippen molar-refractivity contribution in [3.8, 4) is 5.75 Å². The number of hydrogen-bond acceptors (Lipinski definition) is 4. The maximum absolute atomic E-state index is 12.1. The molecule has 1 aromatic carbocycles. The Labute approximate surface area is 157 Å². The van der Waals surface area contributed by atoms with E-state index in [-0.39, 0.29) is 12.2 Å². The number of hydrogen-bond donors (Lipinski definition) is 0. The van der Waals surface area contributed by atoms with Crippen LogP contribution in [0.15, 0.2) is 24.3 Å². The summed E-state index contributed by atoms with van der Waals surface area (Å²) in [5.41, 5.74) is 0.775. The van der Waals surface area contributed by atoms with Gasteiger partial charge in [-0.1, -0.05) is 25.5 Å². The molecule has 1 atom stereocenters. The summed E-state index contributed by atoms with van der Waals surface area (Å²) in [6, 6.07) is 8.22. The molecule has 1 aliphatic rings. The number of ether oxygens (including phenoxy) is 3. The molecular formula is C21H33NO4. The molecule has 0 aromatic heterocycles. The molecule has 26 heavy (non-hydrogen) atoms. The molecule has 0 saturated carbocycles. The Kier molecular flexibility index (Phi) is 7.76. The quantitative estimate of drug-likeness (QED) is 0.641. The number of rotatable bonds is 8. The Balaban J connectivity index is 1.66. The van der Waals surface area contributed by atoms with Crippen LogP contribution in [0.4, 0.5) is 4.79 Å². The number of nitrogens with zero attached hydrogens (tertiary/aromatic N) is 1. The summed E-state index contributed by atoms with van der Waals surface area (Å²) in [7, 11) is 0. The first kappa shape index (κ1) is 20.6. The smallest absolute Gasteiger partial charge is 0.410 e. The van der Waals surface area contributed by atoms with Crippen molar-refractivity contribution in [1.82, 2.24) is 4.90 Å². The normalized spacial score (nSPS) is 17.4. The van der Waals surface area contributed by atoms with E-state index in [2.05, 4.69) is 19.1 Å². The van der Waals surface area contributed by atoms with Gasteiger partial charge in [0.25, 0.3) is 0 Å². The third kappa shape index (κ3) is 7.24. The van der Waals surface area contributed by atoms with Gasteiger partial charge in [0.2, 0.25) is 0 Å². The van der Waals surface area contributed by atoms with Crippen LogP contribution < -0.4 is 4.74 Å². The zero-order valence-corrected chi connectivity index (χ0v) is 16.6. The molecule has 5 nitrogen and oxygen atoms in total. The van der Waals surface area contributed by atoms with Crippen molar-refractivity contribution >= 4 is 6.09 Å². The lowest BCUT2D eigenvalue weighted by atomic mass is 10.1. The van der Waals surface area contributed by atoms with Gasteiger partial charge < -0.3 is 19.1 Å². The summed E-state index contributed by atoms with van der Waals surface area (Å²) in [6.45, 7) is 10.5. The highest BCUT2D eigenvalue weighted by atomic mass is 16.6. The van der Waals surface area contributed by atoms with E-state index < -0.39 is 5.60 Å². The van der Waals surface area contributed by atoms with Crippen LogP contribution in [0.1, 0.15) is 52.5 Å². The van der Waals surface area contributed by atoms with Gasteiger partial charge in [0.1, 0.15) is 11.4 Å². The number of unbranched alkanes of at least 4 members (excludes halogenated alkanes) is 1. The molecule has 1 fully saturated rings. The first-order chi connectivity index (χ1) is 12.4. The fraction of sp³-hybridized carbons (Fsp3) is 0.667. The molecule has 1 heterocycles. The summed E-state index contributed by atoms with van der Waals surface area (Å²) in [5, 5.41) is 0. The van der Waals surface area contributed by atoms with E-state index in [1.165, 1.54) is 5.56 Å². The SMILES string of the molecule is CCCCOc1ccc(CCO[C@@H]2CCN(C(=O)OC(C)(C)C)C2)cc1.